The van der Waals surface area contributed by atoms with E-state index in [1.807, 2.05) is 24.3 Å². The van der Waals surface area contributed by atoms with Crippen molar-refractivity contribution in [2.24, 2.45) is 5.73 Å². The Labute approximate surface area is 117 Å². The van der Waals surface area contributed by atoms with Crippen LogP contribution < -0.4 is 5.73 Å². The molecule has 1 saturated carbocycles. The maximum Gasteiger partial charge on any atom is 0.0904 e. The largest absolute Gasteiger partial charge is 0.385 e. The number of fused-ring (bicyclic) bond motifs is 1. The Kier molecular flexibility index (Phi) is 3.21. The van der Waals surface area contributed by atoms with Gasteiger partial charge in [-0.3, -0.25) is 4.98 Å². The first-order valence-electron chi connectivity index (χ1n) is 6.61. The molecule has 0 radical (unpaired) electrons. The Morgan fingerprint density at radius 1 is 1.26 bits per heavy atom. The summed E-state index contributed by atoms with van der Waals surface area (Å²) in [6.45, 7) is 0. The van der Waals surface area contributed by atoms with E-state index in [9.17, 15) is 5.11 Å². The van der Waals surface area contributed by atoms with Gasteiger partial charge in [-0.05, 0) is 49.4 Å². The Bertz CT molecular complexity index is 606. The van der Waals surface area contributed by atoms with Crippen LogP contribution in [0.3, 0.4) is 0 Å². The van der Waals surface area contributed by atoms with Crippen LogP contribution in [0.1, 0.15) is 31.2 Å². The molecular formula is C15H17ClN2O. The number of rotatable bonds is 1. The number of aromatic nitrogens is 1. The summed E-state index contributed by atoms with van der Waals surface area (Å²) in [7, 11) is 0. The fraction of sp³-hybridized carbons (Fsp3) is 0.400. The van der Waals surface area contributed by atoms with Crippen molar-refractivity contribution in [3.8, 4) is 0 Å². The van der Waals surface area contributed by atoms with E-state index >= 15 is 0 Å². The van der Waals surface area contributed by atoms with Crippen molar-refractivity contribution >= 4 is 22.5 Å². The molecule has 1 aromatic heterocycles. The summed E-state index contributed by atoms with van der Waals surface area (Å²) >= 11 is 5.99. The predicted octanol–water partition coefficient (Wildman–Crippen LogP) is 2.98. The smallest absolute Gasteiger partial charge is 0.0904 e. The fourth-order valence-electron chi connectivity index (χ4n) is 2.91. The molecule has 1 fully saturated rings. The standard InChI is InChI=1S/C15H17ClN2O/c16-10-1-2-12-13(5-8-18-14(12)9-10)15(19)6-3-11(17)4-7-15/h1-2,5,8-9,11,19H,3-4,6-7,17H2. The highest BCUT2D eigenvalue weighted by molar-refractivity contribution is 6.31. The van der Waals surface area contributed by atoms with Crippen molar-refractivity contribution in [3.05, 3.63) is 41.0 Å². The molecule has 0 atom stereocenters. The van der Waals surface area contributed by atoms with Gasteiger partial charge < -0.3 is 10.8 Å². The van der Waals surface area contributed by atoms with Gasteiger partial charge in [-0.15, -0.1) is 0 Å². The highest BCUT2D eigenvalue weighted by Gasteiger charge is 2.34. The van der Waals surface area contributed by atoms with Gasteiger partial charge in [0.2, 0.25) is 0 Å². The van der Waals surface area contributed by atoms with Gasteiger partial charge in [-0.2, -0.15) is 0 Å². The zero-order chi connectivity index (χ0) is 13.5. The average Bonchev–Trinajstić information content (AvgIpc) is 2.41. The molecule has 1 heterocycles. The molecule has 0 aliphatic heterocycles. The van der Waals surface area contributed by atoms with E-state index in [0.29, 0.717) is 17.9 Å². The zero-order valence-corrected chi connectivity index (χ0v) is 11.4. The lowest BCUT2D eigenvalue weighted by Gasteiger charge is -2.35. The molecule has 1 aliphatic carbocycles. The van der Waals surface area contributed by atoms with Crippen molar-refractivity contribution in [1.82, 2.24) is 4.98 Å². The van der Waals surface area contributed by atoms with Crippen molar-refractivity contribution in [2.75, 3.05) is 0 Å². The topological polar surface area (TPSA) is 59.1 Å². The monoisotopic (exact) mass is 276 g/mol. The van der Waals surface area contributed by atoms with Gasteiger partial charge in [0.05, 0.1) is 11.1 Å². The maximum absolute atomic E-state index is 10.9. The lowest BCUT2D eigenvalue weighted by atomic mass is 9.77. The van der Waals surface area contributed by atoms with Crippen LogP contribution in [0.25, 0.3) is 10.9 Å². The number of hydrogen-bond acceptors (Lipinski definition) is 3. The van der Waals surface area contributed by atoms with Gasteiger partial charge in [0.25, 0.3) is 0 Å². The van der Waals surface area contributed by atoms with E-state index in [2.05, 4.69) is 4.98 Å². The predicted molar refractivity (Wildman–Crippen MR) is 77.1 cm³/mol. The maximum atomic E-state index is 10.9. The van der Waals surface area contributed by atoms with Crippen molar-refractivity contribution in [3.63, 3.8) is 0 Å². The molecule has 100 valence electrons. The van der Waals surface area contributed by atoms with Gasteiger partial charge in [0.15, 0.2) is 0 Å². The lowest BCUT2D eigenvalue weighted by Crippen LogP contribution is -2.36. The fourth-order valence-corrected chi connectivity index (χ4v) is 3.08. The number of nitrogens with zero attached hydrogens (tertiary/aromatic N) is 1. The van der Waals surface area contributed by atoms with Crippen LogP contribution in [0.4, 0.5) is 0 Å². The molecule has 0 bridgehead atoms. The Hall–Kier alpha value is -1.16. The van der Waals surface area contributed by atoms with Gasteiger partial charge in [-0.25, -0.2) is 0 Å². The third kappa shape index (κ3) is 2.34. The highest BCUT2D eigenvalue weighted by atomic mass is 35.5. The second-order valence-electron chi connectivity index (χ2n) is 5.39. The van der Waals surface area contributed by atoms with Crippen LogP contribution in [0, 0.1) is 0 Å². The van der Waals surface area contributed by atoms with Crippen LogP contribution in [0.2, 0.25) is 5.02 Å². The SMILES string of the molecule is NC1CCC(O)(c2ccnc3cc(Cl)ccc23)CC1. The normalized spacial score (nSPS) is 27.6. The van der Waals surface area contributed by atoms with E-state index in [1.165, 1.54) is 0 Å². The van der Waals surface area contributed by atoms with Crippen LogP contribution in [-0.4, -0.2) is 16.1 Å². The summed E-state index contributed by atoms with van der Waals surface area (Å²) in [6, 6.07) is 7.73. The van der Waals surface area contributed by atoms with E-state index in [0.717, 1.165) is 29.3 Å². The molecule has 19 heavy (non-hydrogen) atoms. The molecule has 3 nitrogen and oxygen atoms in total. The first kappa shape index (κ1) is 12.9. The van der Waals surface area contributed by atoms with Gasteiger partial charge in [0, 0.05) is 22.6 Å². The molecular weight excluding hydrogens is 260 g/mol. The van der Waals surface area contributed by atoms with Crippen LogP contribution >= 0.6 is 11.6 Å². The molecule has 0 amide bonds. The molecule has 2 aromatic rings. The minimum absolute atomic E-state index is 0.211. The molecule has 4 heteroatoms. The van der Waals surface area contributed by atoms with Crippen molar-refractivity contribution in [2.45, 2.75) is 37.3 Å². The second-order valence-corrected chi connectivity index (χ2v) is 5.83. The second kappa shape index (κ2) is 4.75. The number of aliphatic hydroxyl groups is 1. The van der Waals surface area contributed by atoms with E-state index in [1.54, 1.807) is 6.20 Å². The number of nitrogens with two attached hydrogens (primary N) is 1. The van der Waals surface area contributed by atoms with E-state index in [4.69, 9.17) is 17.3 Å². The number of hydrogen-bond donors (Lipinski definition) is 2. The third-order valence-corrected chi connectivity index (χ3v) is 4.30. The Morgan fingerprint density at radius 2 is 2.00 bits per heavy atom. The average molecular weight is 277 g/mol. The van der Waals surface area contributed by atoms with Crippen LogP contribution in [0.5, 0.6) is 0 Å². The minimum atomic E-state index is -0.787. The summed E-state index contributed by atoms with van der Waals surface area (Å²) in [5, 5.41) is 12.5. The minimum Gasteiger partial charge on any atom is -0.385 e. The van der Waals surface area contributed by atoms with Crippen LogP contribution in [-0.2, 0) is 5.60 Å². The summed E-state index contributed by atoms with van der Waals surface area (Å²) in [6.07, 6.45) is 4.86. The lowest BCUT2D eigenvalue weighted by molar-refractivity contribution is -0.00365. The summed E-state index contributed by atoms with van der Waals surface area (Å²) in [4.78, 5) is 4.32. The molecule has 1 aromatic carbocycles. The number of benzene rings is 1. The summed E-state index contributed by atoms with van der Waals surface area (Å²) < 4.78 is 0. The molecule has 3 N–H and O–H groups in total. The van der Waals surface area contributed by atoms with Crippen molar-refractivity contribution in [1.29, 1.82) is 0 Å². The molecule has 3 rings (SSSR count). The van der Waals surface area contributed by atoms with Crippen LogP contribution in [0.15, 0.2) is 30.5 Å². The summed E-state index contributed by atoms with van der Waals surface area (Å²) in [5.74, 6) is 0. The summed E-state index contributed by atoms with van der Waals surface area (Å²) in [5.41, 5.74) is 6.91. The third-order valence-electron chi connectivity index (χ3n) is 4.06. The zero-order valence-electron chi connectivity index (χ0n) is 10.6. The first-order valence-corrected chi connectivity index (χ1v) is 6.99. The quantitative estimate of drug-likeness (QED) is 0.842. The Balaban J connectivity index is 2.09. The van der Waals surface area contributed by atoms with Gasteiger partial charge in [0.1, 0.15) is 0 Å². The van der Waals surface area contributed by atoms with Crippen molar-refractivity contribution < 1.29 is 5.11 Å². The number of halogens is 1. The van der Waals surface area contributed by atoms with Gasteiger partial charge in [-0.1, -0.05) is 17.7 Å². The number of pyridine rings is 1. The van der Waals surface area contributed by atoms with Gasteiger partial charge >= 0.3 is 0 Å². The van der Waals surface area contributed by atoms with E-state index in [-0.39, 0.29) is 6.04 Å². The molecule has 0 spiro atoms. The van der Waals surface area contributed by atoms with E-state index < -0.39 is 5.60 Å². The Morgan fingerprint density at radius 3 is 2.74 bits per heavy atom. The highest BCUT2D eigenvalue weighted by Crippen LogP contribution is 2.39. The molecule has 0 unspecified atom stereocenters. The first-order chi connectivity index (χ1) is 9.08. The molecule has 1 aliphatic rings. The molecule has 0 saturated heterocycles.